The maximum absolute atomic E-state index is 12.7. The minimum Gasteiger partial charge on any atom is -0.391 e. The highest BCUT2D eigenvalue weighted by Gasteiger charge is 2.34. The number of hydrogen-bond donors (Lipinski definition) is 2. The van der Waals surface area contributed by atoms with Gasteiger partial charge in [-0.3, -0.25) is 0 Å². The zero-order valence-electron chi connectivity index (χ0n) is 10.5. The maximum atomic E-state index is 12.7. The van der Waals surface area contributed by atoms with E-state index >= 15 is 0 Å². The third-order valence-electron chi connectivity index (χ3n) is 3.54. The number of anilines is 1. The number of aliphatic hydroxyl groups is 1. The van der Waals surface area contributed by atoms with Gasteiger partial charge in [0.25, 0.3) is 0 Å². The molecular weight excluding hydrogens is 257 g/mol. The summed E-state index contributed by atoms with van der Waals surface area (Å²) in [5, 5.41) is 12.5. The molecule has 1 saturated carbocycles. The Morgan fingerprint density at radius 3 is 2.68 bits per heavy atom. The molecular formula is C13H17F3N2O. The first-order chi connectivity index (χ1) is 8.98. The molecule has 1 aromatic heterocycles. The Labute approximate surface area is 109 Å². The van der Waals surface area contributed by atoms with Crippen LogP contribution in [0.5, 0.6) is 0 Å². The molecule has 1 atom stereocenters. The number of rotatable bonds is 4. The molecule has 1 heterocycles. The van der Waals surface area contributed by atoms with E-state index in [2.05, 4.69) is 10.3 Å². The quantitative estimate of drug-likeness (QED) is 0.887. The van der Waals surface area contributed by atoms with E-state index in [1.165, 1.54) is 12.3 Å². The average Bonchev–Trinajstić information content (AvgIpc) is 2.89. The fourth-order valence-corrected chi connectivity index (χ4v) is 2.48. The SMILES string of the molecule is OC(CNc1ncccc1C(F)(F)F)C1CCCC1. The van der Waals surface area contributed by atoms with Crippen LogP contribution in [-0.2, 0) is 6.18 Å². The van der Waals surface area contributed by atoms with E-state index in [1.807, 2.05) is 0 Å². The second-order valence-electron chi connectivity index (χ2n) is 4.89. The van der Waals surface area contributed by atoms with Crippen molar-refractivity contribution in [3.8, 4) is 0 Å². The lowest BCUT2D eigenvalue weighted by Gasteiger charge is -2.19. The lowest BCUT2D eigenvalue weighted by atomic mass is 10.0. The van der Waals surface area contributed by atoms with Gasteiger partial charge in [-0.05, 0) is 30.9 Å². The summed E-state index contributed by atoms with van der Waals surface area (Å²) < 4.78 is 38.2. The van der Waals surface area contributed by atoms with Crippen LogP contribution < -0.4 is 5.32 Å². The van der Waals surface area contributed by atoms with Crippen molar-refractivity contribution in [2.75, 3.05) is 11.9 Å². The van der Waals surface area contributed by atoms with Crippen molar-refractivity contribution in [1.29, 1.82) is 0 Å². The van der Waals surface area contributed by atoms with Gasteiger partial charge in [0, 0.05) is 12.7 Å². The Balaban J connectivity index is 1.99. The molecule has 0 aliphatic heterocycles. The van der Waals surface area contributed by atoms with Crippen molar-refractivity contribution in [3.05, 3.63) is 23.9 Å². The summed E-state index contributed by atoms with van der Waals surface area (Å²) >= 11 is 0. The summed E-state index contributed by atoms with van der Waals surface area (Å²) in [6.45, 7) is 0.102. The molecule has 19 heavy (non-hydrogen) atoms. The molecule has 0 aromatic carbocycles. The second-order valence-corrected chi connectivity index (χ2v) is 4.89. The molecule has 0 amide bonds. The Hall–Kier alpha value is -1.30. The number of hydrogen-bond acceptors (Lipinski definition) is 3. The first kappa shape index (κ1) is 14.1. The molecule has 0 radical (unpaired) electrons. The number of aromatic nitrogens is 1. The van der Waals surface area contributed by atoms with E-state index in [0.717, 1.165) is 31.7 Å². The van der Waals surface area contributed by atoms with Gasteiger partial charge in [0.2, 0.25) is 0 Å². The number of aliphatic hydroxyl groups excluding tert-OH is 1. The predicted octanol–water partition coefficient (Wildman–Crippen LogP) is 3.06. The Morgan fingerprint density at radius 1 is 1.37 bits per heavy atom. The minimum absolute atomic E-state index is 0.102. The van der Waals surface area contributed by atoms with Crippen LogP contribution in [0.3, 0.4) is 0 Å². The molecule has 2 rings (SSSR count). The maximum Gasteiger partial charge on any atom is 0.419 e. The lowest BCUT2D eigenvalue weighted by molar-refractivity contribution is -0.137. The van der Waals surface area contributed by atoms with Crippen LogP contribution in [0.2, 0.25) is 0 Å². The van der Waals surface area contributed by atoms with Crippen molar-refractivity contribution in [1.82, 2.24) is 4.98 Å². The van der Waals surface area contributed by atoms with Gasteiger partial charge in [0.15, 0.2) is 0 Å². The average molecular weight is 274 g/mol. The third-order valence-corrected chi connectivity index (χ3v) is 3.54. The highest BCUT2D eigenvalue weighted by molar-refractivity contribution is 5.45. The van der Waals surface area contributed by atoms with Crippen LogP contribution in [0.15, 0.2) is 18.3 Å². The summed E-state index contributed by atoms with van der Waals surface area (Å²) in [5.41, 5.74) is -0.798. The van der Waals surface area contributed by atoms with Gasteiger partial charge in [-0.15, -0.1) is 0 Å². The summed E-state index contributed by atoms with van der Waals surface area (Å²) in [6.07, 6.45) is 0.298. The number of halogens is 3. The number of pyridine rings is 1. The van der Waals surface area contributed by atoms with E-state index in [0.29, 0.717) is 0 Å². The lowest BCUT2D eigenvalue weighted by Crippen LogP contribution is -2.27. The van der Waals surface area contributed by atoms with Gasteiger partial charge in [-0.2, -0.15) is 13.2 Å². The zero-order valence-corrected chi connectivity index (χ0v) is 10.5. The van der Waals surface area contributed by atoms with Gasteiger partial charge >= 0.3 is 6.18 Å². The summed E-state index contributed by atoms with van der Waals surface area (Å²) in [6, 6.07) is 2.23. The highest BCUT2D eigenvalue weighted by Crippen LogP contribution is 2.33. The molecule has 106 valence electrons. The minimum atomic E-state index is -4.44. The van der Waals surface area contributed by atoms with Crippen molar-refractivity contribution in [3.63, 3.8) is 0 Å². The zero-order chi connectivity index (χ0) is 13.9. The Morgan fingerprint density at radius 2 is 2.05 bits per heavy atom. The summed E-state index contributed by atoms with van der Waals surface area (Å²) in [5.74, 6) is -0.0300. The normalized spacial score (nSPS) is 18.5. The Kier molecular flexibility index (Phi) is 4.29. The van der Waals surface area contributed by atoms with E-state index in [4.69, 9.17) is 0 Å². The molecule has 0 saturated heterocycles. The van der Waals surface area contributed by atoms with Gasteiger partial charge in [-0.1, -0.05) is 12.8 Å². The monoisotopic (exact) mass is 274 g/mol. The fraction of sp³-hybridized carbons (Fsp3) is 0.615. The smallest absolute Gasteiger partial charge is 0.391 e. The van der Waals surface area contributed by atoms with Crippen molar-refractivity contribution < 1.29 is 18.3 Å². The molecule has 2 N–H and O–H groups in total. The number of alkyl halides is 3. The van der Waals surface area contributed by atoms with Crippen LogP contribution >= 0.6 is 0 Å². The summed E-state index contributed by atoms with van der Waals surface area (Å²) in [7, 11) is 0. The van der Waals surface area contributed by atoms with Crippen molar-refractivity contribution in [2.24, 2.45) is 5.92 Å². The molecule has 0 bridgehead atoms. The van der Waals surface area contributed by atoms with Gasteiger partial charge in [0.1, 0.15) is 5.82 Å². The standard InChI is InChI=1S/C13H17F3N2O/c14-13(15,16)10-6-3-7-17-12(10)18-8-11(19)9-4-1-2-5-9/h3,6-7,9,11,19H,1-2,4-5,8H2,(H,17,18). The molecule has 1 aliphatic carbocycles. The van der Waals surface area contributed by atoms with E-state index < -0.39 is 17.8 Å². The van der Waals surface area contributed by atoms with Gasteiger partial charge < -0.3 is 10.4 Å². The molecule has 0 spiro atoms. The van der Waals surface area contributed by atoms with Crippen LogP contribution in [0.25, 0.3) is 0 Å². The topological polar surface area (TPSA) is 45.1 Å². The van der Waals surface area contributed by atoms with E-state index in [9.17, 15) is 18.3 Å². The van der Waals surface area contributed by atoms with Crippen LogP contribution in [0.1, 0.15) is 31.2 Å². The molecule has 1 unspecified atom stereocenters. The molecule has 6 heteroatoms. The van der Waals surface area contributed by atoms with Crippen LogP contribution in [0, 0.1) is 5.92 Å². The Bertz CT molecular complexity index is 417. The molecule has 1 aromatic rings. The van der Waals surface area contributed by atoms with Crippen molar-refractivity contribution in [2.45, 2.75) is 38.0 Å². The summed E-state index contributed by atoms with van der Waals surface area (Å²) in [4.78, 5) is 3.70. The molecule has 3 nitrogen and oxygen atoms in total. The van der Waals surface area contributed by atoms with E-state index in [-0.39, 0.29) is 18.3 Å². The second kappa shape index (κ2) is 5.77. The molecule has 1 aliphatic rings. The number of nitrogens with zero attached hydrogens (tertiary/aromatic N) is 1. The first-order valence-electron chi connectivity index (χ1n) is 6.42. The molecule has 1 fully saturated rings. The largest absolute Gasteiger partial charge is 0.419 e. The predicted molar refractivity (Wildman–Crippen MR) is 65.7 cm³/mol. The van der Waals surface area contributed by atoms with Crippen LogP contribution in [0.4, 0.5) is 19.0 Å². The van der Waals surface area contributed by atoms with Crippen LogP contribution in [-0.4, -0.2) is 22.7 Å². The number of nitrogens with one attached hydrogen (secondary N) is 1. The highest BCUT2D eigenvalue weighted by atomic mass is 19.4. The fourth-order valence-electron chi connectivity index (χ4n) is 2.48. The van der Waals surface area contributed by atoms with Crippen molar-refractivity contribution >= 4 is 5.82 Å². The van der Waals surface area contributed by atoms with Gasteiger partial charge in [0.05, 0.1) is 11.7 Å². The van der Waals surface area contributed by atoms with Gasteiger partial charge in [-0.25, -0.2) is 4.98 Å². The first-order valence-corrected chi connectivity index (χ1v) is 6.42. The third kappa shape index (κ3) is 3.59. The van der Waals surface area contributed by atoms with E-state index in [1.54, 1.807) is 0 Å².